The summed E-state index contributed by atoms with van der Waals surface area (Å²) in [5.74, 6) is -0.636. The summed E-state index contributed by atoms with van der Waals surface area (Å²) in [7, 11) is 0. The van der Waals surface area contributed by atoms with E-state index in [4.69, 9.17) is 52.1 Å². The van der Waals surface area contributed by atoms with E-state index in [0.717, 1.165) is 0 Å². The Labute approximate surface area is 130 Å². The van der Waals surface area contributed by atoms with Crippen LogP contribution in [0.2, 0.25) is 20.1 Å². The Balaban J connectivity index is 2.77. The van der Waals surface area contributed by atoms with E-state index in [0.29, 0.717) is 16.1 Å². The lowest BCUT2D eigenvalue weighted by molar-refractivity contribution is 0.100. The highest BCUT2D eigenvalue weighted by molar-refractivity contribution is 6.49. The first-order valence-electron chi connectivity index (χ1n) is 5.15. The molecule has 1 amide bonds. The molecule has 0 fully saturated rings. The van der Waals surface area contributed by atoms with Gasteiger partial charge >= 0.3 is 0 Å². The van der Waals surface area contributed by atoms with E-state index in [1.54, 1.807) is 30.3 Å². The standard InChI is InChI=1S/C13H7Cl4NO/c14-8-3-1-2-6(10(8)13(18)19)7-4-5-9(15)12(17)11(7)16/h1-5H,(H2,18,19). The fraction of sp³-hybridized carbons (Fsp3) is 0. The van der Waals surface area contributed by atoms with Gasteiger partial charge in [0, 0.05) is 5.56 Å². The minimum absolute atomic E-state index is 0.199. The van der Waals surface area contributed by atoms with Gasteiger partial charge in [-0.1, -0.05) is 64.6 Å². The van der Waals surface area contributed by atoms with Gasteiger partial charge in [0.15, 0.2) is 0 Å². The van der Waals surface area contributed by atoms with Gasteiger partial charge in [-0.15, -0.1) is 0 Å². The maximum Gasteiger partial charge on any atom is 0.250 e. The monoisotopic (exact) mass is 333 g/mol. The number of amides is 1. The van der Waals surface area contributed by atoms with Gasteiger partial charge in [-0.2, -0.15) is 0 Å². The first-order chi connectivity index (χ1) is 8.93. The van der Waals surface area contributed by atoms with Crippen LogP contribution in [0.25, 0.3) is 11.1 Å². The van der Waals surface area contributed by atoms with Crippen molar-refractivity contribution in [2.24, 2.45) is 5.73 Å². The third-order valence-electron chi connectivity index (χ3n) is 2.59. The van der Waals surface area contributed by atoms with Crippen LogP contribution in [0.1, 0.15) is 10.4 Å². The lowest BCUT2D eigenvalue weighted by Gasteiger charge is -2.11. The lowest BCUT2D eigenvalue weighted by Crippen LogP contribution is -2.13. The summed E-state index contributed by atoms with van der Waals surface area (Å²) in [5, 5.41) is 1.06. The third kappa shape index (κ3) is 2.67. The van der Waals surface area contributed by atoms with Gasteiger partial charge in [0.2, 0.25) is 0 Å². The number of halogens is 4. The molecule has 0 unspecified atom stereocenters. The molecular weight excluding hydrogens is 328 g/mol. The average Bonchev–Trinajstić information content (AvgIpc) is 2.35. The molecular formula is C13H7Cl4NO. The largest absolute Gasteiger partial charge is 0.366 e. The summed E-state index contributed by atoms with van der Waals surface area (Å²) in [6, 6.07) is 8.22. The molecule has 2 aromatic rings. The molecule has 2 aromatic carbocycles. The summed E-state index contributed by atoms with van der Waals surface area (Å²) in [5.41, 5.74) is 6.61. The number of benzene rings is 2. The molecule has 2 nitrogen and oxygen atoms in total. The normalized spacial score (nSPS) is 10.5. The van der Waals surface area contributed by atoms with Crippen LogP contribution in [-0.4, -0.2) is 5.91 Å². The first kappa shape index (κ1) is 14.5. The van der Waals surface area contributed by atoms with Crippen molar-refractivity contribution in [3.63, 3.8) is 0 Å². The van der Waals surface area contributed by atoms with Crippen LogP contribution in [0.5, 0.6) is 0 Å². The van der Waals surface area contributed by atoms with Crippen molar-refractivity contribution >= 4 is 52.3 Å². The second kappa shape index (κ2) is 5.59. The summed E-state index contributed by atoms with van der Waals surface area (Å²) in [6.07, 6.45) is 0. The molecule has 19 heavy (non-hydrogen) atoms. The third-order valence-corrected chi connectivity index (χ3v) is 4.19. The quantitative estimate of drug-likeness (QED) is 0.766. The molecule has 0 aliphatic heterocycles. The molecule has 2 rings (SSSR count). The number of carbonyl (C=O) groups is 1. The Kier molecular flexibility index (Phi) is 4.26. The molecule has 98 valence electrons. The maximum absolute atomic E-state index is 11.5. The molecule has 2 N–H and O–H groups in total. The predicted molar refractivity (Wildman–Crippen MR) is 80.4 cm³/mol. The first-order valence-corrected chi connectivity index (χ1v) is 6.67. The van der Waals surface area contributed by atoms with Gasteiger partial charge in [0.05, 0.1) is 25.7 Å². The van der Waals surface area contributed by atoms with Crippen molar-refractivity contribution < 1.29 is 4.79 Å². The van der Waals surface area contributed by atoms with E-state index in [1.807, 2.05) is 0 Å². The Hall–Kier alpha value is -0.930. The maximum atomic E-state index is 11.5. The zero-order valence-electron chi connectivity index (χ0n) is 9.38. The highest BCUT2D eigenvalue weighted by atomic mass is 35.5. The van der Waals surface area contributed by atoms with E-state index in [1.165, 1.54) is 0 Å². The number of carbonyl (C=O) groups excluding carboxylic acids is 1. The smallest absolute Gasteiger partial charge is 0.250 e. The highest BCUT2D eigenvalue weighted by Crippen LogP contribution is 2.40. The fourth-order valence-corrected chi connectivity index (χ4v) is 2.64. The topological polar surface area (TPSA) is 43.1 Å². The van der Waals surface area contributed by atoms with E-state index < -0.39 is 5.91 Å². The number of hydrogen-bond acceptors (Lipinski definition) is 1. The summed E-state index contributed by atoms with van der Waals surface area (Å²) in [6.45, 7) is 0. The van der Waals surface area contributed by atoms with Crippen molar-refractivity contribution in [2.75, 3.05) is 0 Å². The van der Waals surface area contributed by atoms with Gasteiger partial charge in [-0.05, 0) is 17.7 Å². The Morgan fingerprint density at radius 2 is 1.53 bits per heavy atom. The molecule has 0 aliphatic rings. The highest BCUT2D eigenvalue weighted by Gasteiger charge is 2.18. The predicted octanol–water partition coefficient (Wildman–Crippen LogP) is 5.07. The van der Waals surface area contributed by atoms with Crippen molar-refractivity contribution in [3.8, 4) is 11.1 Å². The van der Waals surface area contributed by atoms with Crippen LogP contribution in [0, 0.1) is 0 Å². The molecule has 6 heteroatoms. The van der Waals surface area contributed by atoms with Gasteiger partial charge in [0.25, 0.3) is 5.91 Å². The van der Waals surface area contributed by atoms with Crippen molar-refractivity contribution in [1.82, 2.24) is 0 Å². The van der Waals surface area contributed by atoms with E-state index >= 15 is 0 Å². The summed E-state index contributed by atoms with van der Waals surface area (Å²) >= 11 is 24.0. The fourth-order valence-electron chi connectivity index (χ4n) is 1.73. The summed E-state index contributed by atoms with van der Waals surface area (Å²) in [4.78, 5) is 11.5. The summed E-state index contributed by atoms with van der Waals surface area (Å²) < 4.78 is 0. The zero-order chi connectivity index (χ0) is 14.2. The Morgan fingerprint density at radius 3 is 2.16 bits per heavy atom. The second-order valence-electron chi connectivity index (χ2n) is 3.75. The Bertz CT molecular complexity index is 670. The van der Waals surface area contributed by atoms with Crippen molar-refractivity contribution in [2.45, 2.75) is 0 Å². The van der Waals surface area contributed by atoms with E-state index in [9.17, 15) is 4.79 Å². The molecule has 0 atom stereocenters. The number of hydrogen-bond donors (Lipinski definition) is 1. The van der Waals surface area contributed by atoms with Crippen molar-refractivity contribution in [1.29, 1.82) is 0 Å². The SMILES string of the molecule is NC(=O)c1c(Cl)cccc1-c1ccc(Cl)c(Cl)c1Cl. The molecule has 0 saturated carbocycles. The number of nitrogens with two attached hydrogens (primary N) is 1. The van der Waals surface area contributed by atoms with Gasteiger partial charge in [-0.3, -0.25) is 4.79 Å². The van der Waals surface area contributed by atoms with Crippen LogP contribution < -0.4 is 5.73 Å². The molecule has 0 radical (unpaired) electrons. The average molecular weight is 335 g/mol. The van der Waals surface area contributed by atoms with Crippen LogP contribution in [0.15, 0.2) is 30.3 Å². The van der Waals surface area contributed by atoms with E-state index in [-0.39, 0.29) is 20.6 Å². The van der Waals surface area contributed by atoms with E-state index in [2.05, 4.69) is 0 Å². The van der Waals surface area contributed by atoms with Gasteiger partial charge in [0.1, 0.15) is 0 Å². The van der Waals surface area contributed by atoms with Gasteiger partial charge < -0.3 is 5.73 Å². The van der Waals surface area contributed by atoms with Crippen molar-refractivity contribution in [3.05, 3.63) is 56.0 Å². The van der Waals surface area contributed by atoms with Gasteiger partial charge in [-0.25, -0.2) is 0 Å². The lowest BCUT2D eigenvalue weighted by atomic mass is 9.99. The Morgan fingerprint density at radius 1 is 0.842 bits per heavy atom. The van der Waals surface area contributed by atoms with Crippen LogP contribution in [0.4, 0.5) is 0 Å². The minimum Gasteiger partial charge on any atom is -0.366 e. The number of primary amides is 1. The molecule has 0 spiro atoms. The molecule has 0 heterocycles. The van der Waals surface area contributed by atoms with Crippen LogP contribution >= 0.6 is 46.4 Å². The number of rotatable bonds is 2. The zero-order valence-corrected chi connectivity index (χ0v) is 12.4. The molecule has 0 saturated heterocycles. The molecule has 0 aromatic heterocycles. The van der Waals surface area contributed by atoms with Crippen LogP contribution in [0.3, 0.4) is 0 Å². The second-order valence-corrected chi connectivity index (χ2v) is 5.32. The molecule has 0 bridgehead atoms. The molecule has 0 aliphatic carbocycles. The minimum atomic E-state index is -0.636. The van der Waals surface area contributed by atoms with Crippen LogP contribution in [-0.2, 0) is 0 Å².